The lowest BCUT2D eigenvalue weighted by atomic mass is 10.2. The molecule has 0 saturated carbocycles. The van der Waals surface area contributed by atoms with Gasteiger partial charge >= 0.3 is 0 Å². The number of aromatic nitrogens is 1. The van der Waals surface area contributed by atoms with Crippen molar-refractivity contribution in [2.24, 2.45) is 0 Å². The summed E-state index contributed by atoms with van der Waals surface area (Å²) in [6.07, 6.45) is 3.00. The molecule has 1 aliphatic rings. The maximum absolute atomic E-state index is 11.2. The Hall–Kier alpha value is -1.68. The predicted molar refractivity (Wildman–Crippen MR) is 67.7 cm³/mol. The molecule has 0 saturated heterocycles. The van der Waals surface area contributed by atoms with Gasteiger partial charge in [0.2, 0.25) is 17.1 Å². The normalized spacial score (nSPS) is 18.2. The number of rotatable bonds is 1. The average Bonchev–Trinajstić information content (AvgIpc) is 2.81. The number of anilines is 1. The van der Waals surface area contributed by atoms with E-state index in [0.717, 1.165) is 24.3 Å². The molecule has 0 radical (unpaired) electrons. The van der Waals surface area contributed by atoms with Crippen LogP contribution in [-0.4, -0.2) is 13.0 Å². The molecule has 3 rings (SSSR count). The lowest BCUT2D eigenvalue weighted by molar-refractivity contribution is -0.598. The van der Waals surface area contributed by atoms with Crippen LogP contribution < -0.4 is 9.47 Å². The second-order valence-corrected chi connectivity index (χ2v) is 5.18. The number of hydrogen-bond acceptors (Lipinski definition) is 2. The number of hydrogen-bond donors (Lipinski definition) is 0. The summed E-state index contributed by atoms with van der Waals surface area (Å²) in [6.45, 7) is 2.89. The molecule has 0 N–H and O–H groups in total. The van der Waals surface area contributed by atoms with Crippen LogP contribution in [0.4, 0.5) is 5.69 Å². The van der Waals surface area contributed by atoms with Gasteiger partial charge < -0.3 is 4.90 Å². The smallest absolute Gasteiger partial charge is 0.247 e. The SMILES string of the molecule is CC1CN(C=O)c2ccccc2-[n+]2ccsc21. The first-order valence-corrected chi connectivity index (χ1v) is 6.49. The quantitative estimate of drug-likeness (QED) is 0.557. The molecular formula is C13H13N2OS+. The van der Waals surface area contributed by atoms with Crippen molar-refractivity contribution in [1.82, 2.24) is 0 Å². The van der Waals surface area contributed by atoms with E-state index in [2.05, 4.69) is 29.1 Å². The minimum Gasteiger partial charge on any atom is -0.308 e. The van der Waals surface area contributed by atoms with Crippen LogP contribution in [0.15, 0.2) is 35.8 Å². The Morgan fingerprint density at radius 2 is 2.29 bits per heavy atom. The van der Waals surface area contributed by atoms with E-state index in [9.17, 15) is 4.79 Å². The molecule has 17 heavy (non-hydrogen) atoms. The van der Waals surface area contributed by atoms with E-state index in [1.54, 1.807) is 16.2 Å². The monoisotopic (exact) mass is 245 g/mol. The molecule has 0 spiro atoms. The molecule has 2 heterocycles. The van der Waals surface area contributed by atoms with E-state index >= 15 is 0 Å². The van der Waals surface area contributed by atoms with Crippen LogP contribution in [-0.2, 0) is 4.79 Å². The Kier molecular flexibility index (Phi) is 2.44. The van der Waals surface area contributed by atoms with Crippen molar-refractivity contribution in [3.63, 3.8) is 0 Å². The van der Waals surface area contributed by atoms with Crippen molar-refractivity contribution in [1.29, 1.82) is 0 Å². The average molecular weight is 245 g/mol. The van der Waals surface area contributed by atoms with Crippen LogP contribution in [0.1, 0.15) is 17.8 Å². The number of fused-ring (bicyclic) bond motifs is 3. The molecule has 4 heteroatoms. The Morgan fingerprint density at radius 3 is 3.12 bits per heavy atom. The van der Waals surface area contributed by atoms with Gasteiger partial charge in [-0.25, -0.2) is 0 Å². The van der Waals surface area contributed by atoms with E-state index in [-0.39, 0.29) is 0 Å². The van der Waals surface area contributed by atoms with Crippen LogP contribution in [0.3, 0.4) is 0 Å². The zero-order chi connectivity index (χ0) is 11.8. The molecule has 1 amide bonds. The fourth-order valence-electron chi connectivity index (χ4n) is 2.33. The van der Waals surface area contributed by atoms with Crippen molar-refractivity contribution < 1.29 is 9.36 Å². The molecule has 1 atom stereocenters. The van der Waals surface area contributed by atoms with Gasteiger partial charge in [-0.3, -0.25) is 4.79 Å². The largest absolute Gasteiger partial charge is 0.308 e. The van der Waals surface area contributed by atoms with Gasteiger partial charge in [-0.1, -0.05) is 23.5 Å². The van der Waals surface area contributed by atoms with Crippen LogP contribution in [0.2, 0.25) is 0 Å². The number of thiazole rings is 1. The highest BCUT2D eigenvalue weighted by molar-refractivity contribution is 7.09. The standard InChI is InChI=1S/C13H13N2OS/c1-10-8-14(9-16)11-4-2-3-5-12(11)15-6-7-17-13(10)15/h2-7,9-10H,8H2,1H3/q+1. The Balaban J connectivity index is 2.27. The number of nitrogens with zero attached hydrogens (tertiary/aromatic N) is 2. The maximum Gasteiger partial charge on any atom is 0.247 e. The van der Waals surface area contributed by atoms with E-state index in [4.69, 9.17) is 0 Å². The van der Waals surface area contributed by atoms with Gasteiger partial charge in [0.1, 0.15) is 5.69 Å². The van der Waals surface area contributed by atoms with Crippen molar-refractivity contribution in [2.45, 2.75) is 12.8 Å². The zero-order valence-corrected chi connectivity index (χ0v) is 10.4. The third kappa shape index (κ3) is 1.56. The first kappa shape index (κ1) is 10.5. The highest BCUT2D eigenvalue weighted by atomic mass is 32.1. The number of benzene rings is 1. The van der Waals surface area contributed by atoms with Crippen LogP contribution in [0, 0.1) is 0 Å². The molecule has 1 aliphatic heterocycles. The van der Waals surface area contributed by atoms with E-state index in [1.807, 2.05) is 18.2 Å². The number of carbonyl (C=O) groups is 1. The third-order valence-corrected chi connectivity index (χ3v) is 4.20. The van der Waals surface area contributed by atoms with Crippen molar-refractivity contribution in [3.8, 4) is 5.69 Å². The second-order valence-electron chi connectivity index (χ2n) is 4.26. The lowest BCUT2D eigenvalue weighted by Gasteiger charge is -2.16. The molecule has 1 unspecified atom stereocenters. The van der Waals surface area contributed by atoms with Gasteiger partial charge in [0.15, 0.2) is 6.20 Å². The summed E-state index contributed by atoms with van der Waals surface area (Å²) in [4.78, 5) is 13.0. The van der Waals surface area contributed by atoms with Crippen molar-refractivity contribution >= 4 is 23.4 Å². The first-order valence-electron chi connectivity index (χ1n) is 5.61. The lowest BCUT2D eigenvalue weighted by Crippen LogP contribution is -2.32. The summed E-state index contributed by atoms with van der Waals surface area (Å²) < 4.78 is 2.19. The van der Waals surface area contributed by atoms with Crippen LogP contribution in [0.5, 0.6) is 0 Å². The molecule has 1 aromatic carbocycles. The summed E-state index contributed by atoms with van der Waals surface area (Å²) in [5.74, 6) is 0.354. The molecule has 2 aromatic rings. The Morgan fingerprint density at radius 1 is 1.47 bits per heavy atom. The fourth-order valence-corrected chi connectivity index (χ4v) is 3.23. The summed E-state index contributed by atoms with van der Waals surface area (Å²) >= 11 is 1.74. The number of amides is 1. The summed E-state index contributed by atoms with van der Waals surface area (Å²) in [7, 11) is 0. The molecule has 86 valence electrons. The van der Waals surface area contributed by atoms with Gasteiger partial charge in [0, 0.05) is 12.6 Å². The maximum atomic E-state index is 11.2. The van der Waals surface area contributed by atoms with Crippen LogP contribution in [0.25, 0.3) is 5.69 Å². The van der Waals surface area contributed by atoms with Crippen molar-refractivity contribution in [2.75, 3.05) is 11.4 Å². The fraction of sp³-hybridized carbons (Fsp3) is 0.231. The van der Waals surface area contributed by atoms with Gasteiger partial charge in [-0.2, -0.15) is 4.57 Å². The van der Waals surface area contributed by atoms with E-state index in [1.165, 1.54) is 5.01 Å². The minimum absolute atomic E-state index is 0.354. The van der Waals surface area contributed by atoms with Gasteiger partial charge in [-0.15, -0.1) is 0 Å². The summed E-state index contributed by atoms with van der Waals surface area (Å²) in [5.41, 5.74) is 2.07. The molecule has 0 aliphatic carbocycles. The Labute approximate surface area is 104 Å². The minimum atomic E-state index is 0.354. The van der Waals surface area contributed by atoms with Crippen LogP contribution >= 0.6 is 11.3 Å². The first-order chi connectivity index (χ1) is 8.31. The summed E-state index contributed by atoms with van der Waals surface area (Å²) in [6, 6.07) is 8.03. The van der Waals surface area contributed by atoms with E-state index in [0.29, 0.717) is 5.92 Å². The molecule has 0 fully saturated rings. The molecule has 0 bridgehead atoms. The highest BCUT2D eigenvalue weighted by Gasteiger charge is 2.31. The molecule has 1 aromatic heterocycles. The van der Waals surface area contributed by atoms with Gasteiger partial charge in [-0.05, 0) is 13.0 Å². The molecule has 3 nitrogen and oxygen atoms in total. The Bertz CT molecular complexity index is 564. The van der Waals surface area contributed by atoms with Gasteiger partial charge in [0.05, 0.1) is 11.3 Å². The third-order valence-electron chi connectivity index (χ3n) is 3.11. The summed E-state index contributed by atoms with van der Waals surface area (Å²) in [5, 5.41) is 3.39. The zero-order valence-electron chi connectivity index (χ0n) is 9.54. The molecular weight excluding hydrogens is 232 g/mol. The van der Waals surface area contributed by atoms with Crippen molar-refractivity contribution in [3.05, 3.63) is 40.8 Å². The topological polar surface area (TPSA) is 24.2 Å². The second kappa shape index (κ2) is 3.96. The predicted octanol–water partition coefficient (Wildman–Crippen LogP) is 2.10. The highest BCUT2D eigenvalue weighted by Crippen LogP contribution is 2.29. The number of carbonyl (C=O) groups excluding carboxylic acids is 1. The van der Waals surface area contributed by atoms with E-state index < -0.39 is 0 Å². The van der Waals surface area contributed by atoms with Gasteiger partial charge in [0.25, 0.3) is 0 Å². The number of para-hydroxylation sites is 2.